The van der Waals surface area contributed by atoms with E-state index in [4.69, 9.17) is 9.47 Å². The molecular weight excluding hydrogens is 292 g/mol. The van der Waals surface area contributed by atoms with Gasteiger partial charge in [0.15, 0.2) is 5.75 Å². The van der Waals surface area contributed by atoms with Gasteiger partial charge in [-0.2, -0.15) is 5.10 Å². The topological polar surface area (TPSA) is 53.4 Å². The SMILES string of the molecule is COc1cn(-c2ccccc2)nc1C(=O)OCc1ccccc1. The maximum atomic E-state index is 12.3. The van der Waals surface area contributed by atoms with Gasteiger partial charge in [-0.25, -0.2) is 9.48 Å². The summed E-state index contributed by atoms with van der Waals surface area (Å²) in [5.74, 6) is -0.132. The van der Waals surface area contributed by atoms with Crippen molar-refractivity contribution >= 4 is 5.97 Å². The van der Waals surface area contributed by atoms with Crippen LogP contribution in [0.4, 0.5) is 0 Å². The lowest BCUT2D eigenvalue weighted by atomic mass is 10.2. The van der Waals surface area contributed by atoms with Crippen LogP contribution < -0.4 is 4.74 Å². The molecule has 1 heterocycles. The third-order valence-electron chi connectivity index (χ3n) is 3.33. The van der Waals surface area contributed by atoms with E-state index in [1.807, 2.05) is 60.7 Å². The molecule has 0 N–H and O–H groups in total. The molecule has 0 atom stereocenters. The molecule has 2 aromatic carbocycles. The molecule has 0 amide bonds. The third-order valence-corrected chi connectivity index (χ3v) is 3.33. The minimum atomic E-state index is -0.514. The van der Waals surface area contributed by atoms with Crippen LogP contribution in [0.5, 0.6) is 5.75 Å². The van der Waals surface area contributed by atoms with Gasteiger partial charge in [0.25, 0.3) is 0 Å². The Morgan fingerprint density at radius 2 is 1.70 bits per heavy atom. The first-order chi connectivity index (χ1) is 11.3. The molecule has 0 unspecified atom stereocenters. The molecule has 0 radical (unpaired) electrons. The van der Waals surface area contributed by atoms with Gasteiger partial charge < -0.3 is 9.47 Å². The third kappa shape index (κ3) is 3.40. The van der Waals surface area contributed by atoms with E-state index in [0.717, 1.165) is 11.3 Å². The lowest BCUT2D eigenvalue weighted by Gasteiger charge is -2.04. The first-order valence-corrected chi connectivity index (χ1v) is 7.18. The van der Waals surface area contributed by atoms with Gasteiger partial charge in [0.2, 0.25) is 5.69 Å². The van der Waals surface area contributed by atoms with Gasteiger partial charge in [-0.3, -0.25) is 0 Å². The van der Waals surface area contributed by atoms with Gasteiger partial charge >= 0.3 is 5.97 Å². The molecule has 0 aliphatic carbocycles. The molecule has 5 nitrogen and oxygen atoms in total. The predicted octanol–water partition coefficient (Wildman–Crippen LogP) is 3.24. The van der Waals surface area contributed by atoms with Crippen molar-refractivity contribution in [2.45, 2.75) is 6.61 Å². The van der Waals surface area contributed by atoms with Crippen LogP contribution in [0.2, 0.25) is 0 Å². The van der Waals surface area contributed by atoms with Crippen LogP contribution in [0.25, 0.3) is 5.69 Å². The van der Waals surface area contributed by atoms with Crippen molar-refractivity contribution < 1.29 is 14.3 Å². The summed E-state index contributed by atoms with van der Waals surface area (Å²) in [6.07, 6.45) is 1.66. The lowest BCUT2D eigenvalue weighted by molar-refractivity contribution is 0.0461. The number of methoxy groups -OCH3 is 1. The first-order valence-electron chi connectivity index (χ1n) is 7.18. The van der Waals surface area contributed by atoms with E-state index in [-0.39, 0.29) is 12.3 Å². The molecule has 5 heteroatoms. The van der Waals surface area contributed by atoms with Crippen LogP contribution in [0.1, 0.15) is 16.1 Å². The Morgan fingerprint density at radius 3 is 2.35 bits per heavy atom. The van der Waals surface area contributed by atoms with Crippen molar-refractivity contribution in [3.8, 4) is 11.4 Å². The van der Waals surface area contributed by atoms with E-state index >= 15 is 0 Å². The number of para-hydroxylation sites is 1. The smallest absolute Gasteiger partial charge is 0.363 e. The minimum absolute atomic E-state index is 0.160. The highest BCUT2D eigenvalue weighted by atomic mass is 16.5. The molecular formula is C18H16N2O3. The van der Waals surface area contributed by atoms with Crippen LogP contribution >= 0.6 is 0 Å². The highest BCUT2D eigenvalue weighted by molar-refractivity contribution is 5.90. The summed E-state index contributed by atoms with van der Waals surface area (Å²) in [6.45, 7) is 0.195. The highest BCUT2D eigenvalue weighted by Gasteiger charge is 2.19. The Bertz CT molecular complexity index is 783. The summed E-state index contributed by atoms with van der Waals surface area (Å²) in [4.78, 5) is 12.3. The van der Waals surface area contributed by atoms with Crippen molar-refractivity contribution in [2.24, 2.45) is 0 Å². The zero-order valence-electron chi connectivity index (χ0n) is 12.7. The second-order valence-corrected chi connectivity index (χ2v) is 4.89. The maximum Gasteiger partial charge on any atom is 0.363 e. The molecule has 0 bridgehead atoms. The van der Waals surface area contributed by atoms with Crippen molar-refractivity contribution in [3.05, 3.63) is 78.1 Å². The monoisotopic (exact) mass is 308 g/mol. The maximum absolute atomic E-state index is 12.3. The Labute approximate surface area is 134 Å². The lowest BCUT2D eigenvalue weighted by Crippen LogP contribution is -2.08. The van der Waals surface area contributed by atoms with E-state index in [1.165, 1.54) is 7.11 Å². The second-order valence-electron chi connectivity index (χ2n) is 4.89. The summed E-state index contributed by atoms with van der Waals surface area (Å²) >= 11 is 0. The zero-order valence-corrected chi connectivity index (χ0v) is 12.7. The largest absolute Gasteiger partial charge is 0.493 e. The van der Waals surface area contributed by atoms with E-state index in [2.05, 4.69) is 5.10 Å². The molecule has 0 spiro atoms. The van der Waals surface area contributed by atoms with Crippen LogP contribution in [0, 0.1) is 0 Å². The van der Waals surface area contributed by atoms with Gasteiger partial charge in [0.1, 0.15) is 6.61 Å². The second kappa shape index (κ2) is 6.79. The van der Waals surface area contributed by atoms with Crippen molar-refractivity contribution in [1.29, 1.82) is 0 Å². The Morgan fingerprint density at radius 1 is 1.04 bits per heavy atom. The summed E-state index contributed by atoms with van der Waals surface area (Å²) in [5.41, 5.74) is 1.92. The summed E-state index contributed by atoms with van der Waals surface area (Å²) in [7, 11) is 1.50. The quantitative estimate of drug-likeness (QED) is 0.679. The number of benzene rings is 2. The van der Waals surface area contributed by atoms with Crippen molar-refractivity contribution in [3.63, 3.8) is 0 Å². The Kier molecular flexibility index (Phi) is 4.38. The molecule has 1 aromatic heterocycles. The van der Waals surface area contributed by atoms with E-state index in [1.54, 1.807) is 10.9 Å². The number of rotatable bonds is 5. The number of hydrogen-bond acceptors (Lipinski definition) is 4. The Balaban J connectivity index is 1.79. The molecule has 3 rings (SSSR count). The van der Waals surface area contributed by atoms with Gasteiger partial charge in [0, 0.05) is 0 Å². The fourth-order valence-corrected chi connectivity index (χ4v) is 2.15. The van der Waals surface area contributed by atoms with E-state index < -0.39 is 5.97 Å². The van der Waals surface area contributed by atoms with Gasteiger partial charge in [0.05, 0.1) is 19.0 Å². The molecule has 0 saturated heterocycles. The van der Waals surface area contributed by atoms with E-state index in [0.29, 0.717) is 5.75 Å². The number of carbonyl (C=O) groups is 1. The van der Waals surface area contributed by atoms with E-state index in [9.17, 15) is 4.79 Å². The summed E-state index contributed by atoms with van der Waals surface area (Å²) < 4.78 is 12.1. The minimum Gasteiger partial charge on any atom is -0.493 e. The number of aromatic nitrogens is 2. The molecule has 3 aromatic rings. The number of hydrogen-bond donors (Lipinski definition) is 0. The van der Waals surface area contributed by atoms with Crippen molar-refractivity contribution in [1.82, 2.24) is 9.78 Å². The number of esters is 1. The van der Waals surface area contributed by atoms with Crippen LogP contribution in [0.15, 0.2) is 66.9 Å². The van der Waals surface area contributed by atoms with Crippen LogP contribution in [0.3, 0.4) is 0 Å². The highest BCUT2D eigenvalue weighted by Crippen LogP contribution is 2.20. The average Bonchev–Trinajstić information content (AvgIpc) is 3.06. The molecule has 0 aliphatic heterocycles. The summed E-state index contributed by atoms with van der Waals surface area (Å²) in [6, 6.07) is 19.0. The van der Waals surface area contributed by atoms with Crippen molar-refractivity contribution in [2.75, 3.05) is 7.11 Å². The average molecular weight is 308 g/mol. The normalized spacial score (nSPS) is 10.3. The predicted molar refractivity (Wildman–Crippen MR) is 85.7 cm³/mol. The first kappa shape index (κ1) is 14.8. The van der Waals surface area contributed by atoms with Gasteiger partial charge in [-0.15, -0.1) is 0 Å². The molecule has 116 valence electrons. The number of ether oxygens (including phenoxy) is 2. The molecule has 0 aliphatic rings. The van der Waals surface area contributed by atoms with Crippen LogP contribution in [-0.2, 0) is 11.3 Å². The van der Waals surface area contributed by atoms with Crippen LogP contribution in [-0.4, -0.2) is 22.9 Å². The zero-order chi connectivity index (χ0) is 16.1. The molecule has 0 fully saturated rings. The Hall–Kier alpha value is -3.08. The molecule has 0 saturated carbocycles. The van der Waals surface area contributed by atoms with Gasteiger partial charge in [-0.1, -0.05) is 48.5 Å². The molecule has 23 heavy (non-hydrogen) atoms. The summed E-state index contributed by atoms with van der Waals surface area (Å²) in [5, 5.41) is 4.28. The number of nitrogens with zero attached hydrogens (tertiary/aromatic N) is 2. The fraction of sp³-hybridized carbons (Fsp3) is 0.111. The van der Waals surface area contributed by atoms with Gasteiger partial charge in [-0.05, 0) is 17.7 Å². The number of carbonyl (C=O) groups excluding carboxylic acids is 1. The fourth-order valence-electron chi connectivity index (χ4n) is 2.15. The standard InChI is InChI=1S/C18H16N2O3/c1-22-16-12-20(15-10-6-3-7-11-15)19-17(16)18(21)23-13-14-8-4-2-5-9-14/h2-12H,13H2,1H3.